The summed E-state index contributed by atoms with van der Waals surface area (Å²) in [6, 6.07) is 7.98. The molecule has 0 aliphatic heterocycles. The molecule has 1 aromatic carbocycles. The minimum Gasteiger partial charge on any atom is -0.237 e. The molecule has 2 heteroatoms. The van der Waals surface area contributed by atoms with Crippen molar-refractivity contribution in [3.05, 3.63) is 41.1 Å². The van der Waals surface area contributed by atoms with Gasteiger partial charge in [0, 0.05) is 4.70 Å². The lowest BCUT2D eigenvalue weighted by Crippen LogP contribution is -1.58. The zero-order valence-electron chi connectivity index (χ0n) is 5.74. The highest BCUT2D eigenvalue weighted by molar-refractivity contribution is 7.17. The van der Waals surface area contributed by atoms with E-state index in [1.54, 1.807) is 11.3 Å². The Bertz CT molecular complexity index is 422. The van der Waals surface area contributed by atoms with Crippen molar-refractivity contribution < 1.29 is 0 Å². The van der Waals surface area contributed by atoms with Gasteiger partial charge in [0.15, 0.2) is 0 Å². The van der Waals surface area contributed by atoms with Crippen molar-refractivity contribution in [3.8, 4) is 0 Å². The second-order valence-corrected chi connectivity index (χ2v) is 3.14. The molecule has 0 saturated heterocycles. The highest BCUT2D eigenvalue weighted by atomic mass is 32.1. The number of nitrogens with zero attached hydrogens (tertiary/aromatic N) is 1. The molecule has 0 unspecified atom stereocenters. The van der Waals surface area contributed by atoms with Gasteiger partial charge in [-0.1, -0.05) is 18.2 Å². The average Bonchev–Trinajstić information content (AvgIpc) is 2.47. The molecular weight excluding hydrogens is 154 g/mol. The van der Waals surface area contributed by atoms with Gasteiger partial charge in [-0.3, -0.25) is 0 Å². The summed E-state index contributed by atoms with van der Waals surface area (Å²) in [5.41, 5.74) is 0.769. The van der Waals surface area contributed by atoms with E-state index in [1.807, 2.05) is 29.6 Å². The van der Waals surface area contributed by atoms with Crippen LogP contribution in [0.3, 0.4) is 0 Å². The van der Waals surface area contributed by atoms with Crippen molar-refractivity contribution in [2.24, 2.45) is 0 Å². The zero-order chi connectivity index (χ0) is 7.68. The van der Waals surface area contributed by atoms with Gasteiger partial charge in [0.25, 0.3) is 0 Å². The first-order valence-corrected chi connectivity index (χ1v) is 4.13. The highest BCUT2D eigenvalue weighted by Gasteiger charge is 1.99. The van der Waals surface area contributed by atoms with E-state index < -0.39 is 0 Å². The summed E-state index contributed by atoms with van der Waals surface area (Å²) in [7, 11) is 0. The molecule has 0 atom stereocenters. The van der Waals surface area contributed by atoms with Gasteiger partial charge in [-0.2, -0.15) is 11.3 Å². The van der Waals surface area contributed by atoms with Crippen LogP contribution in [0.1, 0.15) is 0 Å². The molecular formula is C9H5NS. The Kier molecular flexibility index (Phi) is 1.38. The Morgan fingerprint density at radius 3 is 2.91 bits per heavy atom. The summed E-state index contributed by atoms with van der Waals surface area (Å²) >= 11 is 1.62. The van der Waals surface area contributed by atoms with E-state index in [0.29, 0.717) is 0 Å². The van der Waals surface area contributed by atoms with Crippen molar-refractivity contribution >= 4 is 27.1 Å². The smallest absolute Gasteiger partial charge is 0.205 e. The Morgan fingerprint density at radius 2 is 2.09 bits per heavy atom. The van der Waals surface area contributed by atoms with Crippen LogP contribution in [0.25, 0.3) is 14.9 Å². The van der Waals surface area contributed by atoms with Gasteiger partial charge < -0.3 is 0 Å². The van der Waals surface area contributed by atoms with Gasteiger partial charge in [0.2, 0.25) is 5.69 Å². The number of hydrogen-bond acceptors (Lipinski definition) is 1. The van der Waals surface area contributed by atoms with Gasteiger partial charge in [-0.25, -0.2) is 4.85 Å². The second kappa shape index (κ2) is 2.37. The highest BCUT2D eigenvalue weighted by Crippen LogP contribution is 2.31. The molecule has 0 aliphatic rings. The van der Waals surface area contributed by atoms with Crippen LogP contribution < -0.4 is 0 Å². The standard InChI is InChI=1S/C9H5NS/c1-10-8-6-11-9-5-3-2-4-7(8)9/h2-6H. The normalized spacial score (nSPS) is 9.73. The van der Waals surface area contributed by atoms with Gasteiger partial charge in [0.05, 0.1) is 6.57 Å². The molecule has 52 valence electrons. The van der Waals surface area contributed by atoms with Crippen molar-refractivity contribution in [1.82, 2.24) is 0 Å². The maximum Gasteiger partial charge on any atom is 0.205 e. The molecule has 1 nitrogen and oxygen atoms in total. The van der Waals surface area contributed by atoms with E-state index in [9.17, 15) is 0 Å². The maximum atomic E-state index is 6.87. The first-order valence-electron chi connectivity index (χ1n) is 3.25. The number of benzene rings is 1. The molecule has 0 spiro atoms. The molecule has 0 N–H and O–H groups in total. The van der Waals surface area contributed by atoms with Crippen molar-refractivity contribution in [2.75, 3.05) is 0 Å². The van der Waals surface area contributed by atoms with Crippen molar-refractivity contribution in [3.63, 3.8) is 0 Å². The van der Waals surface area contributed by atoms with Crippen molar-refractivity contribution in [1.29, 1.82) is 0 Å². The van der Waals surface area contributed by atoms with Crippen LogP contribution in [0.4, 0.5) is 5.69 Å². The topological polar surface area (TPSA) is 4.36 Å². The van der Waals surface area contributed by atoms with Crippen LogP contribution in [-0.4, -0.2) is 0 Å². The molecule has 2 aromatic rings. The second-order valence-electron chi connectivity index (χ2n) is 2.23. The van der Waals surface area contributed by atoms with E-state index in [-0.39, 0.29) is 0 Å². The molecule has 1 heterocycles. The summed E-state index contributed by atoms with van der Waals surface area (Å²) in [5.74, 6) is 0. The molecule has 0 aliphatic carbocycles. The molecule has 0 amide bonds. The van der Waals surface area contributed by atoms with Gasteiger partial charge >= 0.3 is 0 Å². The van der Waals surface area contributed by atoms with E-state index in [2.05, 4.69) is 4.85 Å². The average molecular weight is 159 g/mol. The Labute approximate surface area is 68.7 Å². The van der Waals surface area contributed by atoms with Gasteiger partial charge in [-0.15, -0.1) is 0 Å². The third-order valence-electron chi connectivity index (χ3n) is 1.58. The molecule has 2 rings (SSSR count). The maximum absolute atomic E-state index is 6.87. The molecule has 11 heavy (non-hydrogen) atoms. The lowest BCUT2D eigenvalue weighted by molar-refractivity contribution is 1.85. The number of fused-ring (bicyclic) bond motifs is 1. The molecule has 0 radical (unpaired) electrons. The van der Waals surface area contributed by atoms with Crippen LogP contribution in [0, 0.1) is 6.57 Å². The third-order valence-corrected chi connectivity index (χ3v) is 2.53. The SMILES string of the molecule is [C-]#[N+]c1csc2ccccc12. The van der Waals surface area contributed by atoms with E-state index in [1.165, 1.54) is 4.70 Å². The molecule has 0 fully saturated rings. The van der Waals surface area contributed by atoms with E-state index >= 15 is 0 Å². The number of thiophene rings is 1. The Morgan fingerprint density at radius 1 is 1.27 bits per heavy atom. The molecule has 1 aromatic heterocycles. The minimum atomic E-state index is 0.769. The van der Waals surface area contributed by atoms with Crippen LogP contribution in [0.15, 0.2) is 29.6 Å². The molecule has 0 bridgehead atoms. The number of hydrogen-bond donors (Lipinski definition) is 0. The van der Waals surface area contributed by atoms with Crippen LogP contribution >= 0.6 is 11.3 Å². The minimum absolute atomic E-state index is 0.769. The van der Waals surface area contributed by atoms with E-state index in [0.717, 1.165) is 11.1 Å². The summed E-state index contributed by atoms with van der Waals surface area (Å²) in [4.78, 5) is 3.42. The first-order chi connectivity index (χ1) is 5.42. The first kappa shape index (κ1) is 6.38. The zero-order valence-corrected chi connectivity index (χ0v) is 6.56. The lowest BCUT2D eigenvalue weighted by atomic mass is 10.2. The summed E-state index contributed by atoms with van der Waals surface area (Å²) in [6.45, 7) is 6.87. The summed E-state index contributed by atoms with van der Waals surface area (Å²) < 4.78 is 1.19. The third kappa shape index (κ3) is 0.903. The monoisotopic (exact) mass is 159 g/mol. The fourth-order valence-corrected chi connectivity index (χ4v) is 1.93. The predicted octanol–water partition coefficient (Wildman–Crippen LogP) is 3.45. The fourth-order valence-electron chi connectivity index (χ4n) is 1.05. The number of rotatable bonds is 0. The fraction of sp³-hybridized carbons (Fsp3) is 0. The van der Waals surface area contributed by atoms with Gasteiger partial charge in [0.1, 0.15) is 0 Å². The summed E-state index contributed by atoms with van der Waals surface area (Å²) in [6.07, 6.45) is 0. The van der Waals surface area contributed by atoms with Crippen LogP contribution in [0.5, 0.6) is 0 Å². The Hall–Kier alpha value is -1.33. The van der Waals surface area contributed by atoms with E-state index in [4.69, 9.17) is 6.57 Å². The summed E-state index contributed by atoms with van der Waals surface area (Å²) in [5, 5.41) is 2.98. The Balaban J connectivity index is 2.89. The van der Waals surface area contributed by atoms with Crippen LogP contribution in [-0.2, 0) is 0 Å². The molecule has 0 saturated carbocycles. The van der Waals surface area contributed by atoms with Gasteiger partial charge in [-0.05, 0) is 16.8 Å². The lowest BCUT2D eigenvalue weighted by Gasteiger charge is -1.85. The van der Waals surface area contributed by atoms with Crippen molar-refractivity contribution in [2.45, 2.75) is 0 Å². The predicted molar refractivity (Wildman–Crippen MR) is 48.1 cm³/mol. The quantitative estimate of drug-likeness (QED) is 0.518. The van der Waals surface area contributed by atoms with Crippen LogP contribution in [0.2, 0.25) is 0 Å². The largest absolute Gasteiger partial charge is 0.237 e.